The van der Waals surface area contributed by atoms with Crippen LogP contribution in [0.5, 0.6) is 5.75 Å². The summed E-state index contributed by atoms with van der Waals surface area (Å²) in [6.07, 6.45) is 2.80. The minimum absolute atomic E-state index is 0.0412. The zero-order valence-electron chi connectivity index (χ0n) is 12.7. The number of nitrogens with zero attached hydrogens (tertiary/aromatic N) is 2. The Hall–Kier alpha value is -2.04. The Balaban J connectivity index is 2.23. The van der Waals surface area contributed by atoms with Gasteiger partial charge in [0.05, 0.1) is 7.11 Å². The van der Waals surface area contributed by atoms with Crippen molar-refractivity contribution in [1.29, 1.82) is 0 Å². The number of urea groups is 1. The van der Waals surface area contributed by atoms with Gasteiger partial charge in [0.1, 0.15) is 17.1 Å². The number of benzene rings is 1. The van der Waals surface area contributed by atoms with Gasteiger partial charge in [0.2, 0.25) is 0 Å². The van der Waals surface area contributed by atoms with Crippen molar-refractivity contribution in [1.82, 2.24) is 4.90 Å². The lowest BCUT2D eigenvalue weighted by molar-refractivity contribution is 0.134. The van der Waals surface area contributed by atoms with Gasteiger partial charge in [-0.3, -0.25) is 0 Å². The average Bonchev–Trinajstić information content (AvgIpc) is 2.70. The third-order valence-electron chi connectivity index (χ3n) is 4.52. The molecule has 0 radical (unpaired) electrons. The molecule has 1 unspecified atom stereocenters. The number of carbonyl (C=O) groups is 1. The minimum atomic E-state index is -0.604. The molecule has 1 atom stereocenters. The first-order valence-electron chi connectivity index (χ1n) is 7.36. The van der Waals surface area contributed by atoms with E-state index in [1.807, 2.05) is 30.9 Å². The van der Waals surface area contributed by atoms with Gasteiger partial charge in [-0.25, -0.2) is 4.79 Å². The monoisotopic (exact) mass is 287 g/mol. The summed E-state index contributed by atoms with van der Waals surface area (Å²) in [6.45, 7) is 4.00. The number of hydrogen-bond acceptors (Lipinski definition) is 3. The van der Waals surface area contributed by atoms with Crippen LogP contribution in [0.25, 0.3) is 0 Å². The molecule has 21 heavy (non-hydrogen) atoms. The first kappa shape index (κ1) is 13.9. The number of aliphatic imine (C=N–C) groups is 1. The molecule has 1 aliphatic heterocycles. The lowest BCUT2D eigenvalue weighted by Crippen LogP contribution is -2.55. The fraction of sp³-hybridized carbons (Fsp3) is 0.500. The summed E-state index contributed by atoms with van der Waals surface area (Å²) in [5, 5.41) is 0. The van der Waals surface area contributed by atoms with Gasteiger partial charge >= 0.3 is 6.03 Å². The second-order valence-corrected chi connectivity index (χ2v) is 5.98. The van der Waals surface area contributed by atoms with Crippen molar-refractivity contribution in [3.63, 3.8) is 0 Å². The topological polar surface area (TPSA) is 67.9 Å². The number of nitrogens with two attached hydrogens (primary N) is 1. The molecule has 0 bridgehead atoms. The average molecular weight is 287 g/mol. The van der Waals surface area contributed by atoms with Crippen LogP contribution in [0, 0.1) is 0 Å². The molecule has 1 aromatic rings. The Morgan fingerprint density at radius 2 is 2.19 bits per heavy atom. The molecule has 5 nitrogen and oxygen atoms in total. The zero-order valence-corrected chi connectivity index (χ0v) is 12.7. The molecule has 2 amide bonds. The molecular weight excluding hydrogens is 266 g/mol. The lowest BCUT2D eigenvalue weighted by atomic mass is 9.74. The highest BCUT2D eigenvalue weighted by Gasteiger charge is 2.52. The molecule has 3 rings (SSSR count). The molecule has 1 heterocycles. The van der Waals surface area contributed by atoms with Gasteiger partial charge < -0.3 is 15.4 Å². The summed E-state index contributed by atoms with van der Waals surface area (Å²) in [7, 11) is 1.65. The Morgan fingerprint density at radius 3 is 2.86 bits per heavy atom. The number of methoxy groups -OCH3 is 1. The van der Waals surface area contributed by atoms with E-state index >= 15 is 0 Å². The maximum absolute atomic E-state index is 12.3. The van der Waals surface area contributed by atoms with Crippen molar-refractivity contribution in [2.75, 3.05) is 7.11 Å². The molecule has 1 spiro atoms. The smallest absolute Gasteiger partial charge is 0.346 e. The number of aryl methyl sites for hydroxylation is 1. The largest absolute Gasteiger partial charge is 0.497 e. The van der Waals surface area contributed by atoms with Gasteiger partial charge in [-0.2, -0.15) is 4.99 Å². The molecule has 0 aromatic heterocycles. The summed E-state index contributed by atoms with van der Waals surface area (Å²) in [6, 6.07) is 5.84. The van der Waals surface area contributed by atoms with E-state index in [-0.39, 0.29) is 12.1 Å². The number of ether oxygens (including phenoxy) is 1. The van der Waals surface area contributed by atoms with Gasteiger partial charge in [-0.15, -0.1) is 0 Å². The minimum Gasteiger partial charge on any atom is -0.497 e. The summed E-state index contributed by atoms with van der Waals surface area (Å²) in [4.78, 5) is 18.2. The number of hydrogen-bond donors (Lipinski definition) is 1. The predicted molar refractivity (Wildman–Crippen MR) is 81.6 cm³/mol. The van der Waals surface area contributed by atoms with Crippen molar-refractivity contribution >= 4 is 11.9 Å². The van der Waals surface area contributed by atoms with Crippen LogP contribution < -0.4 is 10.5 Å². The van der Waals surface area contributed by atoms with Crippen molar-refractivity contribution in [3.05, 3.63) is 29.3 Å². The first-order valence-corrected chi connectivity index (χ1v) is 7.36. The maximum atomic E-state index is 12.3. The van der Waals surface area contributed by atoms with E-state index in [0.29, 0.717) is 5.84 Å². The third-order valence-corrected chi connectivity index (χ3v) is 4.52. The van der Waals surface area contributed by atoms with Gasteiger partial charge in [-0.05, 0) is 56.4 Å². The molecule has 0 saturated heterocycles. The fourth-order valence-corrected chi connectivity index (χ4v) is 3.67. The van der Waals surface area contributed by atoms with Crippen LogP contribution in [0.4, 0.5) is 4.79 Å². The number of amidine groups is 1. The Morgan fingerprint density at radius 1 is 1.43 bits per heavy atom. The number of fused-ring (bicyclic) bond motifs is 2. The molecule has 0 saturated carbocycles. The van der Waals surface area contributed by atoms with Crippen LogP contribution in [-0.4, -0.2) is 29.9 Å². The van der Waals surface area contributed by atoms with E-state index in [1.54, 1.807) is 7.11 Å². The number of carbonyl (C=O) groups excluding carboxylic acids is 1. The Bertz CT molecular complexity index is 624. The molecular formula is C16H21N3O2. The van der Waals surface area contributed by atoms with Crippen LogP contribution in [0.15, 0.2) is 23.2 Å². The quantitative estimate of drug-likeness (QED) is 0.908. The molecule has 1 aromatic carbocycles. The van der Waals surface area contributed by atoms with Crippen LogP contribution in [0.2, 0.25) is 0 Å². The normalized spacial score (nSPS) is 24.5. The first-order chi connectivity index (χ1) is 10.0. The van der Waals surface area contributed by atoms with E-state index in [0.717, 1.165) is 30.6 Å². The summed E-state index contributed by atoms with van der Waals surface area (Å²) >= 11 is 0. The second-order valence-electron chi connectivity index (χ2n) is 5.98. The standard InChI is InChI=1S/C16H21N3O2/c1-10(2)19-15(20)18-14(17)16(19)8-4-5-11-6-7-12(21-3)9-13(11)16/h6-7,9-10H,4-5,8H2,1-3H3,(H2,17,18,20). The third kappa shape index (κ3) is 1.83. The van der Waals surface area contributed by atoms with E-state index in [9.17, 15) is 4.79 Å². The SMILES string of the molecule is COc1ccc2c(c1)C1(CCC2)C(N)=NC(=O)N1C(C)C. The molecule has 2 aliphatic rings. The van der Waals surface area contributed by atoms with Crippen molar-refractivity contribution in [2.45, 2.75) is 44.7 Å². The predicted octanol–water partition coefficient (Wildman–Crippen LogP) is 2.43. The highest BCUT2D eigenvalue weighted by molar-refractivity contribution is 6.06. The van der Waals surface area contributed by atoms with E-state index in [2.05, 4.69) is 11.1 Å². The summed E-state index contributed by atoms with van der Waals surface area (Å²) < 4.78 is 5.36. The van der Waals surface area contributed by atoms with Gasteiger partial charge in [0, 0.05) is 6.04 Å². The Labute approximate surface area is 124 Å². The maximum Gasteiger partial charge on any atom is 0.346 e. The van der Waals surface area contributed by atoms with Gasteiger partial charge in [-0.1, -0.05) is 6.07 Å². The van der Waals surface area contributed by atoms with Crippen LogP contribution in [0.3, 0.4) is 0 Å². The second kappa shape index (κ2) is 4.76. The van der Waals surface area contributed by atoms with E-state index < -0.39 is 5.54 Å². The van der Waals surface area contributed by atoms with Crippen LogP contribution in [-0.2, 0) is 12.0 Å². The van der Waals surface area contributed by atoms with Crippen molar-refractivity contribution < 1.29 is 9.53 Å². The lowest BCUT2D eigenvalue weighted by Gasteiger charge is -2.44. The van der Waals surface area contributed by atoms with Crippen molar-refractivity contribution in [2.24, 2.45) is 10.7 Å². The summed E-state index contributed by atoms with van der Waals surface area (Å²) in [5.41, 5.74) is 7.90. The van der Waals surface area contributed by atoms with Gasteiger partial charge in [0.15, 0.2) is 0 Å². The highest BCUT2D eigenvalue weighted by atomic mass is 16.5. The fourth-order valence-electron chi connectivity index (χ4n) is 3.67. The van der Waals surface area contributed by atoms with Crippen LogP contribution >= 0.6 is 0 Å². The van der Waals surface area contributed by atoms with Gasteiger partial charge in [0.25, 0.3) is 0 Å². The van der Waals surface area contributed by atoms with Crippen molar-refractivity contribution in [3.8, 4) is 5.75 Å². The molecule has 112 valence electrons. The number of rotatable bonds is 2. The zero-order chi connectivity index (χ0) is 15.2. The molecule has 2 N–H and O–H groups in total. The van der Waals surface area contributed by atoms with E-state index in [4.69, 9.17) is 10.5 Å². The summed E-state index contributed by atoms with van der Waals surface area (Å²) in [5.74, 6) is 1.20. The highest BCUT2D eigenvalue weighted by Crippen LogP contribution is 2.45. The molecule has 1 aliphatic carbocycles. The Kier molecular flexibility index (Phi) is 3.15. The molecule has 5 heteroatoms. The number of amides is 2. The van der Waals surface area contributed by atoms with Crippen LogP contribution in [0.1, 0.15) is 37.8 Å². The molecule has 0 fully saturated rings. The van der Waals surface area contributed by atoms with E-state index in [1.165, 1.54) is 5.56 Å².